The maximum atomic E-state index is 5.82. The first-order valence-electron chi connectivity index (χ1n) is 3.35. The van der Waals surface area contributed by atoms with Crippen LogP contribution in [0.2, 0.25) is 10.3 Å². The van der Waals surface area contributed by atoms with Gasteiger partial charge in [-0.2, -0.15) is 0 Å². The number of aromatic amines is 1. The van der Waals surface area contributed by atoms with Crippen LogP contribution in [-0.4, -0.2) is 15.2 Å². The van der Waals surface area contributed by atoms with Gasteiger partial charge in [0.15, 0.2) is 10.3 Å². The van der Waals surface area contributed by atoms with Gasteiger partial charge < -0.3 is 4.98 Å². The molecule has 3 nitrogen and oxygen atoms in total. The van der Waals surface area contributed by atoms with Crippen molar-refractivity contribution in [1.29, 1.82) is 0 Å². The Bertz CT molecular complexity index is 435. The van der Waals surface area contributed by atoms with Gasteiger partial charge in [0.25, 0.3) is 0 Å². The van der Waals surface area contributed by atoms with E-state index < -0.39 is 0 Å². The Morgan fingerprint density at radius 3 is 2.58 bits per heavy atom. The van der Waals surface area contributed by atoms with Crippen LogP contribution in [-0.2, 0) is 0 Å². The zero-order valence-electron chi connectivity index (χ0n) is 6.23. The fraction of sp³-hybridized carbons (Fsp3) is 0.143. The second-order valence-corrected chi connectivity index (χ2v) is 3.22. The Hall–Kier alpha value is -0.800. The number of hydrogen-bond donors (Lipinski definition) is 1. The number of fused-ring (bicyclic) bond motifs is 1. The SMILES string of the molecule is Cc1c[nH]c2c(Cl)nnc(Cl)c12. The van der Waals surface area contributed by atoms with Gasteiger partial charge in [0.2, 0.25) is 0 Å². The molecule has 0 fully saturated rings. The fourth-order valence-corrected chi connectivity index (χ4v) is 1.61. The summed E-state index contributed by atoms with van der Waals surface area (Å²) in [6, 6.07) is 0. The first-order chi connectivity index (χ1) is 5.70. The van der Waals surface area contributed by atoms with Gasteiger partial charge in [-0.05, 0) is 12.5 Å². The summed E-state index contributed by atoms with van der Waals surface area (Å²) in [6.07, 6.45) is 1.83. The van der Waals surface area contributed by atoms with E-state index in [1.54, 1.807) is 0 Å². The van der Waals surface area contributed by atoms with Crippen LogP contribution in [0.3, 0.4) is 0 Å². The molecule has 0 saturated carbocycles. The largest absolute Gasteiger partial charge is 0.358 e. The predicted molar refractivity (Wildman–Crippen MR) is 48.6 cm³/mol. The van der Waals surface area contributed by atoms with Crippen molar-refractivity contribution in [2.24, 2.45) is 0 Å². The van der Waals surface area contributed by atoms with E-state index >= 15 is 0 Å². The normalized spacial score (nSPS) is 10.9. The molecule has 0 amide bonds. The molecule has 0 aliphatic heterocycles. The third-order valence-corrected chi connectivity index (χ3v) is 2.24. The average Bonchev–Trinajstić information content (AvgIpc) is 2.42. The third kappa shape index (κ3) is 0.974. The smallest absolute Gasteiger partial charge is 0.175 e. The van der Waals surface area contributed by atoms with Gasteiger partial charge in [0.05, 0.1) is 5.52 Å². The summed E-state index contributed by atoms with van der Waals surface area (Å²) >= 11 is 11.6. The lowest BCUT2D eigenvalue weighted by molar-refractivity contribution is 1.05. The molecule has 5 heteroatoms. The minimum Gasteiger partial charge on any atom is -0.358 e. The average molecular weight is 202 g/mol. The van der Waals surface area contributed by atoms with Crippen molar-refractivity contribution in [3.05, 3.63) is 22.1 Å². The number of H-pyrrole nitrogens is 1. The van der Waals surface area contributed by atoms with Crippen molar-refractivity contribution >= 4 is 34.1 Å². The lowest BCUT2D eigenvalue weighted by atomic mass is 10.2. The summed E-state index contributed by atoms with van der Waals surface area (Å²) in [5.74, 6) is 0. The summed E-state index contributed by atoms with van der Waals surface area (Å²) < 4.78 is 0. The van der Waals surface area contributed by atoms with Gasteiger partial charge in [0.1, 0.15) is 0 Å². The van der Waals surface area contributed by atoms with E-state index in [2.05, 4.69) is 15.2 Å². The number of nitrogens with zero attached hydrogens (tertiary/aromatic N) is 2. The molecule has 2 aromatic heterocycles. The van der Waals surface area contributed by atoms with Crippen molar-refractivity contribution in [3.63, 3.8) is 0 Å². The molecule has 0 aliphatic rings. The van der Waals surface area contributed by atoms with Crippen molar-refractivity contribution < 1.29 is 0 Å². The Balaban J connectivity index is 2.98. The highest BCUT2D eigenvalue weighted by Gasteiger charge is 2.09. The topological polar surface area (TPSA) is 41.6 Å². The molecule has 0 unspecified atom stereocenters. The molecule has 0 aromatic carbocycles. The van der Waals surface area contributed by atoms with E-state index in [0.717, 1.165) is 16.5 Å². The van der Waals surface area contributed by atoms with E-state index in [1.807, 2.05) is 13.1 Å². The molecule has 12 heavy (non-hydrogen) atoms. The van der Waals surface area contributed by atoms with E-state index in [-0.39, 0.29) is 0 Å². The Morgan fingerprint density at radius 1 is 1.25 bits per heavy atom. The molecule has 0 atom stereocenters. The quantitative estimate of drug-likeness (QED) is 0.713. The highest BCUT2D eigenvalue weighted by atomic mass is 35.5. The van der Waals surface area contributed by atoms with E-state index in [9.17, 15) is 0 Å². The molecule has 0 saturated heterocycles. The highest BCUT2D eigenvalue weighted by molar-refractivity contribution is 6.38. The number of nitrogens with one attached hydrogen (secondary N) is 1. The second-order valence-electron chi connectivity index (χ2n) is 2.50. The molecular weight excluding hydrogens is 197 g/mol. The summed E-state index contributed by atoms with van der Waals surface area (Å²) in [5.41, 5.74) is 1.76. The molecule has 2 rings (SSSR count). The number of aromatic nitrogens is 3. The number of halogens is 2. The van der Waals surface area contributed by atoms with Crippen LogP contribution in [0, 0.1) is 6.92 Å². The monoisotopic (exact) mass is 201 g/mol. The van der Waals surface area contributed by atoms with E-state index in [4.69, 9.17) is 23.2 Å². The zero-order chi connectivity index (χ0) is 8.72. The van der Waals surface area contributed by atoms with Crippen LogP contribution >= 0.6 is 23.2 Å². The zero-order valence-corrected chi connectivity index (χ0v) is 7.74. The molecule has 1 N–H and O–H groups in total. The molecule has 2 heterocycles. The first-order valence-corrected chi connectivity index (χ1v) is 4.11. The number of aryl methyl sites for hydroxylation is 1. The minimum absolute atomic E-state index is 0.350. The van der Waals surface area contributed by atoms with Crippen LogP contribution in [0.1, 0.15) is 5.56 Å². The summed E-state index contributed by atoms with van der Waals surface area (Å²) in [6.45, 7) is 1.93. The maximum absolute atomic E-state index is 5.82. The van der Waals surface area contributed by atoms with Gasteiger partial charge in [0, 0.05) is 11.6 Å². The van der Waals surface area contributed by atoms with Gasteiger partial charge in [-0.3, -0.25) is 0 Å². The molecule has 0 radical (unpaired) electrons. The summed E-state index contributed by atoms with van der Waals surface area (Å²) in [5, 5.41) is 8.95. The minimum atomic E-state index is 0.350. The van der Waals surface area contributed by atoms with Gasteiger partial charge >= 0.3 is 0 Å². The Labute approximate surface area is 78.7 Å². The molecule has 0 bridgehead atoms. The van der Waals surface area contributed by atoms with Crippen molar-refractivity contribution in [2.75, 3.05) is 0 Å². The molecular formula is C7H5Cl2N3. The van der Waals surface area contributed by atoms with Crippen LogP contribution in [0.5, 0.6) is 0 Å². The highest BCUT2D eigenvalue weighted by Crippen LogP contribution is 2.27. The maximum Gasteiger partial charge on any atom is 0.175 e. The summed E-state index contributed by atoms with van der Waals surface area (Å²) in [4.78, 5) is 2.98. The molecule has 62 valence electrons. The van der Waals surface area contributed by atoms with Gasteiger partial charge in [-0.15, -0.1) is 10.2 Å². The van der Waals surface area contributed by atoms with Crippen molar-refractivity contribution in [3.8, 4) is 0 Å². The van der Waals surface area contributed by atoms with Gasteiger partial charge in [-0.1, -0.05) is 23.2 Å². The molecule has 0 spiro atoms. The molecule has 0 aliphatic carbocycles. The van der Waals surface area contributed by atoms with E-state index in [0.29, 0.717) is 10.3 Å². The van der Waals surface area contributed by atoms with Crippen LogP contribution in [0.4, 0.5) is 0 Å². The van der Waals surface area contributed by atoms with Crippen molar-refractivity contribution in [1.82, 2.24) is 15.2 Å². The van der Waals surface area contributed by atoms with Gasteiger partial charge in [-0.25, -0.2) is 0 Å². The third-order valence-electron chi connectivity index (χ3n) is 1.72. The Kier molecular flexibility index (Phi) is 1.70. The number of rotatable bonds is 0. The fourth-order valence-electron chi connectivity index (χ4n) is 1.14. The summed E-state index contributed by atoms with van der Waals surface area (Å²) in [7, 11) is 0. The van der Waals surface area contributed by atoms with Crippen LogP contribution < -0.4 is 0 Å². The molecule has 2 aromatic rings. The lowest BCUT2D eigenvalue weighted by Gasteiger charge is -1.94. The standard InChI is InChI=1S/C7H5Cl2N3/c1-3-2-10-5-4(3)6(8)11-12-7(5)9/h2,10H,1H3. The van der Waals surface area contributed by atoms with E-state index in [1.165, 1.54) is 0 Å². The van der Waals surface area contributed by atoms with Crippen LogP contribution in [0.15, 0.2) is 6.20 Å². The lowest BCUT2D eigenvalue weighted by Crippen LogP contribution is -1.85. The van der Waals surface area contributed by atoms with Crippen LogP contribution in [0.25, 0.3) is 10.9 Å². The first kappa shape index (κ1) is 7.83. The van der Waals surface area contributed by atoms with Crippen molar-refractivity contribution in [2.45, 2.75) is 6.92 Å². The predicted octanol–water partition coefficient (Wildman–Crippen LogP) is 2.57. The number of hydrogen-bond acceptors (Lipinski definition) is 2. The Morgan fingerprint density at radius 2 is 1.92 bits per heavy atom. The second kappa shape index (κ2) is 2.61.